The number of carbonyl (C=O) groups is 1. The van der Waals surface area contributed by atoms with Gasteiger partial charge in [0.25, 0.3) is 11.8 Å². The van der Waals surface area contributed by atoms with Crippen molar-refractivity contribution in [2.75, 3.05) is 0 Å². The summed E-state index contributed by atoms with van der Waals surface area (Å²) in [5.41, 5.74) is 1.22. The first kappa shape index (κ1) is 20.8. The third-order valence-electron chi connectivity index (χ3n) is 5.18. The SMILES string of the molecule is CC1CCCC(C)N1C(=O)c1cccc(CSc2cccc(C(C)(F)F)c2)n1. The fraction of sp³-hybridized carbons (Fsp3) is 0.455. The Morgan fingerprint density at radius 3 is 2.54 bits per heavy atom. The molecular formula is C22H26F2N2OS. The van der Waals surface area contributed by atoms with E-state index in [0.29, 0.717) is 11.4 Å². The average Bonchev–Trinajstić information content (AvgIpc) is 2.66. The second kappa shape index (κ2) is 8.60. The summed E-state index contributed by atoms with van der Waals surface area (Å²) in [4.78, 5) is 20.2. The van der Waals surface area contributed by atoms with Gasteiger partial charge in [0.15, 0.2) is 0 Å². The second-order valence-electron chi connectivity index (χ2n) is 7.56. The van der Waals surface area contributed by atoms with Crippen LogP contribution < -0.4 is 0 Å². The molecule has 2 heterocycles. The zero-order chi connectivity index (χ0) is 20.3. The number of alkyl halides is 2. The van der Waals surface area contributed by atoms with Crippen LogP contribution >= 0.6 is 11.8 Å². The van der Waals surface area contributed by atoms with Gasteiger partial charge in [0.05, 0.1) is 5.69 Å². The normalized spacial score (nSPS) is 20.2. The lowest BCUT2D eigenvalue weighted by molar-refractivity contribution is 0.0172. The van der Waals surface area contributed by atoms with E-state index in [0.717, 1.165) is 36.8 Å². The summed E-state index contributed by atoms with van der Waals surface area (Å²) in [7, 11) is 0. The molecule has 1 aliphatic rings. The molecule has 1 aromatic heterocycles. The molecule has 0 aliphatic carbocycles. The van der Waals surface area contributed by atoms with Gasteiger partial charge in [-0.1, -0.05) is 18.2 Å². The molecule has 0 spiro atoms. The Balaban J connectivity index is 1.71. The number of pyridine rings is 1. The van der Waals surface area contributed by atoms with E-state index < -0.39 is 5.92 Å². The highest BCUT2D eigenvalue weighted by Gasteiger charge is 2.30. The molecular weight excluding hydrogens is 378 g/mol. The van der Waals surface area contributed by atoms with Crippen molar-refractivity contribution in [3.05, 3.63) is 59.4 Å². The topological polar surface area (TPSA) is 33.2 Å². The molecule has 1 aromatic carbocycles. The van der Waals surface area contributed by atoms with Crippen molar-refractivity contribution >= 4 is 17.7 Å². The minimum absolute atomic E-state index is 0.00228. The number of halogens is 2. The largest absolute Gasteiger partial charge is 0.332 e. The molecule has 0 saturated carbocycles. The lowest BCUT2D eigenvalue weighted by atomic mass is 9.97. The van der Waals surface area contributed by atoms with Gasteiger partial charge in [-0.25, -0.2) is 13.8 Å². The van der Waals surface area contributed by atoms with Crippen LogP contribution in [0.25, 0.3) is 0 Å². The average molecular weight is 405 g/mol. The molecule has 1 aliphatic heterocycles. The Bertz CT molecular complexity index is 827. The number of piperidine rings is 1. The van der Waals surface area contributed by atoms with E-state index in [1.54, 1.807) is 12.1 Å². The highest BCUT2D eigenvalue weighted by molar-refractivity contribution is 7.98. The minimum Gasteiger partial charge on any atom is -0.332 e. The quantitative estimate of drug-likeness (QED) is 0.583. The van der Waals surface area contributed by atoms with Gasteiger partial charge in [0.2, 0.25) is 0 Å². The molecule has 3 nitrogen and oxygen atoms in total. The van der Waals surface area contributed by atoms with Gasteiger partial charge in [0, 0.05) is 35.2 Å². The van der Waals surface area contributed by atoms with Crippen LogP contribution in [-0.4, -0.2) is 27.9 Å². The minimum atomic E-state index is -2.86. The molecule has 0 N–H and O–H groups in total. The van der Waals surface area contributed by atoms with Gasteiger partial charge >= 0.3 is 0 Å². The molecule has 2 aromatic rings. The molecule has 2 unspecified atom stereocenters. The summed E-state index contributed by atoms with van der Waals surface area (Å²) >= 11 is 1.44. The smallest absolute Gasteiger partial charge is 0.272 e. The Labute approximate surface area is 169 Å². The summed E-state index contributed by atoms with van der Waals surface area (Å²) in [5.74, 6) is -2.37. The number of aromatic nitrogens is 1. The number of thioether (sulfide) groups is 1. The molecule has 3 rings (SSSR count). The van der Waals surface area contributed by atoms with E-state index in [4.69, 9.17) is 0 Å². The van der Waals surface area contributed by atoms with Gasteiger partial charge in [-0.2, -0.15) is 0 Å². The van der Waals surface area contributed by atoms with Crippen molar-refractivity contribution in [3.8, 4) is 0 Å². The van der Waals surface area contributed by atoms with Crippen LogP contribution in [0.15, 0.2) is 47.4 Å². The van der Waals surface area contributed by atoms with Crippen molar-refractivity contribution in [2.45, 2.75) is 68.7 Å². The highest BCUT2D eigenvalue weighted by Crippen LogP contribution is 2.31. The molecule has 150 valence electrons. The zero-order valence-electron chi connectivity index (χ0n) is 16.5. The standard InChI is InChI=1S/C22H26F2N2OS/c1-15-7-4-8-16(2)26(15)21(27)20-12-6-10-18(25-20)14-28-19-11-5-9-17(13-19)22(3,23)24/h5-6,9-13,15-16H,4,7-8,14H2,1-3H3. The van der Waals surface area contributed by atoms with E-state index >= 15 is 0 Å². The van der Waals surface area contributed by atoms with Crippen molar-refractivity contribution < 1.29 is 13.6 Å². The predicted octanol–water partition coefficient (Wildman–Crippen LogP) is 5.89. The molecule has 1 amide bonds. The molecule has 1 saturated heterocycles. The molecule has 1 fully saturated rings. The molecule has 0 radical (unpaired) electrons. The van der Waals surface area contributed by atoms with Crippen molar-refractivity contribution in [1.82, 2.24) is 9.88 Å². The van der Waals surface area contributed by atoms with E-state index in [1.807, 2.05) is 23.1 Å². The first-order chi connectivity index (χ1) is 13.3. The maximum absolute atomic E-state index is 13.5. The maximum atomic E-state index is 13.5. The van der Waals surface area contributed by atoms with Crippen molar-refractivity contribution in [1.29, 1.82) is 0 Å². The van der Waals surface area contributed by atoms with Gasteiger partial charge in [0.1, 0.15) is 5.69 Å². The highest BCUT2D eigenvalue weighted by atomic mass is 32.2. The summed E-state index contributed by atoms with van der Waals surface area (Å²) in [5, 5.41) is 0. The van der Waals surface area contributed by atoms with Gasteiger partial charge in [-0.05, 0) is 57.4 Å². The molecule has 0 bridgehead atoms. The van der Waals surface area contributed by atoms with Gasteiger partial charge < -0.3 is 4.90 Å². The van der Waals surface area contributed by atoms with E-state index in [-0.39, 0.29) is 23.6 Å². The second-order valence-corrected chi connectivity index (χ2v) is 8.61. The van der Waals surface area contributed by atoms with Crippen molar-refractivity contribution in [2.24, 2.45) is 0 Å². The number of likely N-dealkylation sites (tertiary alicyclic amines) is 1. The van der Waals surface area contributed by atoms with E-state index in [9.17, 15) is 13.6 Å². The maximum Gasteiger partial charge on any atom is 0.272 e. The van der Waals surface area contributed by atoms with Crippen LogP contribution in [0.4, 0.5) is 8.78 Å². The molecule has 2 atom stereocenters. The first-order valence-electron chi connectivity index (χ1n) is 9.65. The number of rotatable bonds is 5. The molecule has 28 heavy (non-hydrogen) atoms. The van der Waals surface area contributed by atoms with Crippen LogP contribution in [0.2, 0.25) is 0 Å². The summed E-state index contributed by atoms with van der Waals surface area (Å²) in [6.07, 6.45) is 3.18. The monoisotopic (exact) mass is 404 g/mol. The van der Waals surface area contributed by atoms with Gasteiger partial charge in [-0.3, -0.25) is 4.79 Å². The van der Waals surface area contributed by atoms with Crippen LogP contribution in [-0.2, 0) is 11.7 Å². The first-order valence-corrected chi connectivity index (χ1v) is 10.6. The summed E-state index contributed by atoms with van der Waals surface area (Å²) in [6, 6.07) is 12.3. The Hall–Kier alpha value is -1.95. The number of nitrogens with zero attached hydrogens (tertiary/aromatic N) is 2. The van der Waals surface area contributed by atoms with Crippen LogP contribution in [0, 0.1) is 0 Å². The third-order valence-corrected chi connectivity index (χ3v) is 6.21. The number of hydrogen-bond donors (Lipinski definition) is 0. The van der Waals surface area contributed by atoms with Crippen LogP contribution in [0.1, 0.15) is 61.8 Å². The zero-order valence-corrected chi connectivity index (χ0v) is 17.3. The van der Waals surface area contributed by atoms with Crippen LogP contribution in [0.3, 0.4) is 0 Å². The Morgan fingerprint density at radius 2 is 1.86 bits per heavy atom. The van der Waals surface area contributed by atoms with Crippen molar-refractivity contribution in [3.63, 3.8) is 0 Å². The van der Waals surface area contributed by atoms with E-state index in [2.05, 4.69) is 18.8 Å². The Kier molecular flexibility index (Phi) is 6.38. The number of carbonyl (C=O) groups excluding carboxylic acids is 1. The predicted molar refractivity (Wildman–Crippen MR) is 109 cm³/mol. The number of amides is 1. The van der Waals surface area contributed by atoms with Crippen LogP contribution in [0.5, 0.6) is 0 Å². The number of benzene rings is 1. The fourth-order valence-corrected chi connectivity index (χ4v) is 4.51. The fourth-order valence-electron chi connectivity index (χ4n) is 3.65. The lowest BCUT2D eigenvalue weighted by Gasteiger charge is -2.38. The third kappa shape index (κ3) is 4.90. The molecule has 6 heteroatoms. The van der Waals surface area contributed by atoms with Gasteiger partial charge in [-0.15, -0.1) is 11.8 Å². The summed E-state index contributed by atoms with van der Waals surface area (Å²) in [6.45, 7) is 5.07. The van der Waals surface area contributed by atoms with E-state index in [1.165, 1.54) is 23.9 Å². The Morgan fingerprint density at radius 1 is 1.18 bits per heavy atom. The summed E-state index contributed by atoms with van der Waals surface area (Å²) < 4.78 is 27.0. The number of hydrogen-bond acceptors (Lipinski definition) is 3. The lowest BCUT2D eigenvalue weighted by Crippen LogP contribution is -2.47.